The number of amides is 2. The average Bonchev–Trinajstić information content (AvgIpc) is 3.14. The van der Waals surface area contributed by atoms with Gasteiger partial charge in [0.05, 0.1) is 18.7 Å². The summed E-state index contributed by atoms with van der Waals surface area (Å²) in [6.45, 7) is -0.0518. The molecule has 0 aliphatic rings. The zero-order chi connectivity index (χ0) is 18.4. The highest BCUT2D eigenvalue weighted by molar-refractivity contribution is 5.96. The lowest BCUT2D eigenvalue weighted by molar-refractivity contribution is -0.120. The first-order valence-electron chi connectivity index (χ1n) is 7.94. The number of nitrogens with zero attached hydrogens (tertiary/aromatic N) is 1. The Morgan fingerprint density at radius 1 is 1.00 bits per heavy atom. The van der Waals surface area contributed by atoms with Crippen LogP contribution in [0.3, 0.4) is 0 Å². The topological polar surface area (TPSA) is 84.2 Å². The summed E-state index contributed by atoms with van der Waals surface area (Å²) in [5, 5.41) is 8.95. The van der Waals surface area contributed by atoms with Crippen molar-refractivity contribution in [3.05, 3.63) is 77.7 Å². The van der Waals surface area contributed by atoms with Gasteiger partial charge in [-0.05, 0) is 24.3 Å². The molecule has 2 amide bonds. The number of rotatable bonds is 6. The second-order valence-electron chi connectivity index (χ2n) is 5.49. The van der Waals surface area contributed by atoms with Gasteiger partial charge in [-0.15, -0.1) is 0 Å². The molecule has 132 valence electrons. The molecule has 7 heteroatoms. The lowest BCUT2D eigenvalue weighted by Gasteiger charge is -2.05. The summed E-state index contributed by atoms with van der Waals surface area (Å²) in [6, 6.07) is 16.3. The van der Waals surface area contributed by atoms with Gasteiger partial charge in [0, 0.05) is 11.6 Å². The molecule has 0 radical (unpaired) electrons. The standard InChI is InChI=1S/C19H16FN3O3/c20-16-9-5-4-8-15(16)17-10-14(23-26-17)11-21-18(24)12-22-19(25)13-6-2-1-3-7-13/h1-10H,11-12H2,(H,21,24)(H,22,25). The van der Waals surface area contributed by atoms with Gasteiger partial charge in [0.25, 0.3) is 5.91 Å². The molecule has 0 saturated carbocycles. The van der Waals surface area contributed by atoms with Crippen LogP contribution >= 0.6 is 0 Å². The fourth-order valence-corrected chi connectivity index (χ4v) is 2.29. The maximum Gasteiger partial charge on any atom is 0.251 e. The van der Waals surface area contributed by atoms with Gasteiger partial charge in [0.2, 0.25) is 5.91 Å². The van der Waals surface area contributed by atoms with Crippen molar-refractivity contribution >= 4 is 11.8 Å². The van der Waals surface area contributed by atoms with Gasteiger partial charge in [-0.25, -0.2) is 4.39 Å². The summed E-state index contributed by atoms with van der Waals surface area (Å²) in [6.07, 6.45) is 0. The summed E-state index contributed by atoms with van der Waals surface area (Å²) in [7, 11) is 0. The van der Waals surface area contributed by atoms with Gasteiger partial charge in [-0.1, -0.05) is 35.5 Å². The highest BCUT2D eigenvalue weighted by Crippen LogP contribution is 2.23. The number of carbonyl (C=O) groups excluding carboxylic acids is 2. The van der Waals surface area contributed by atoms with E-state index in [2.05, 4.69) is 15.8 Å². The minimum absolute atomic E-state index is 0.109. The van der Waals surface area contributed by atoms with Crippen LogP contribution in [-0.2, 0) is 11.3 Å². The lowest BCUT2D eigenvalue weighted by Crippen LogP contribution is -2.36. The molecule has 0 saturated heterocycles. The van der Waals surface area contributed by atoms with Gasteiger partial charge in [0.1, 0.15) is 11.5 Å². The fourth-order valence-electron chi connectivity index (χ4n) is 2.29. The van der Waals surface area contributed by atoms with E-state index in [0.29, 0.717) is 16.8 Å². The van der Waals surface area contributed by atoms with Crippen LogP contribution in [0.25, 0.3) is 11.3 Å². The summed E-state index contributed by atoms with van der Waals surface area (Å²) in [5.41, 5.74) is 1.23. The fraction of sp³-hybridized carbons (Fsp3) is 0.105. The third-order valence-electron chi connectivity index (χ3n) is 3.61. The Balaban J connectivity index is 1.49. The molecule has 26 heavy (non-hydrogen) atoms. The Labute approximate surface area is 149 Å². The normalized spacial score (nSPS) is 10.3. The smallest absolute Gasteiger partial charge is 0.251 e. The maximum atomic E-state index is 13.7. The minimum Gasteiger partial charge on any atom is -0.356 e. The number of hydrogen-bond acceptors (Lipinski definition) is 4. The molecule has 2 N–H and O–H groups in total. The Morgan fingerprint density at radius 2 is 1.73 bits per heavy atom. The van der Waals surface area contributed by atoms with Crippen molar-refractivity contribution in [2.75, 3.05) is 6.54 Å². The van der Waals surface area contributed by atoms with Crippen LogP contribution in [0.15, 0.2) is 65.2 Å². The molecule has 6 nitrogen and oxygen atoms in total. The quantitative estimate of drug-likeness (QED) is 0.713. The van der Waals surface area contributed by atoms with Gasteiger partial charge < -0.3 is 15.2 Å². The van der Waals surface area contributed by atoms with Crippen LogP contribution in [0.4, 0.5) is 4.39 Å². The van der Waals surface area contributed by atoms with E-state index < -0.39 is 5.82 Å². The van der Waals surface area contributed by atoms with Crippen molar-refractivity contribution in [1.82, 2.24) is 15.8 Å². The van der Waals surface area contributed by atoms with Crippen LogP contribution in [0.5, 0.6) is 0 Å². The van der Waals surface area contributed by atoms with E-state index in [1.165, 1.54) is 6.07 Å². The molecule has 1 heterocycles. The second kappa shape index (κ2) is 8.06. The molecule has 0 spiro atoms. The lowest BCUT2D eigenvalue weighted by atomic mass is 10.1. The van der Waals surface area contributed by atoms with Gasteiger partial charge >= 0.3 is 0 Å². The highest BCUT2D eigenvalue weighted by Gasteiger charge is 2.12. The Bertz CT molecular complexity index is 909. The molecular weight excluding hydrogens is 337 g/mol. The van der Waals surface area contributed by atoms with Crippen LogP contribution in [0.1, 0.15) is 16.1 Å². The largest absolute Gasteiger partial charge is 0.356 e. The predicted molar refractivity (Wildman–Crippen MR) is 92.5 cm³/mol. The molecule has 0 atom stereocenters. The number of aromatic nitrogens is 1. The van der Waals surface area contributed by atoms with E-state index in [1.54, 1.807) is 54.6 Å². The highest BCUT2D eigenvalue weighted by atomic mass is 19.1. The molecule has 3 rings (SSSR count). The summed E-state index contributed by atoms with van der Waals surface area (Å²) >= 11 is 0. The van der Waals surface area contributed by atoms with E-state index in [4.69, 9.17) is 4.52 Å². The van der Waals surface area contributed by atoms with E-state index in [0.717, 1.165) is 0 Å². The van der Waals surface area contributed by atoms with Crippen LogP contribution in [0.2, 0.25) is 0 Å². The minimum atomic E-state index is -0.414. The van der Waals surface area contributed by atoms with Crippen LogP contribution < -0.4 is 10.6 Å². The van der Waals surface area contributed by atoms with Crippen molar-refractivity contribution in [3.8, 4) is 11.3 Å². The molecule has 0 aliphatic heterocycles. The predicted octanol–water partition coefficient (Wildman–Crippen LogP) is 2.53. The number of hydrogen-bond donors (Lipinski definition) is 2. The van der Waals surface area contributed by atoms with Crippen molar-refractivity contribution < 1.29 is 18.5 Å². The van der Waals surface area contributed by atoms with Crippen LogP contribution in [0, 0.1) is 5.82 Å². The molecule has 0 aliphatic carbocycles. The van der Waals surface area contributed by atoms with Gasteiger partial charge in [-0.3, -0.25) is 9.59 Å². The SMILES string of the molecule is O=C(CNC(=O)c1ccccc1)NCc1cc(-c2ccccc2F)on1. The average molecular weight is 353 g/mol. The Kier molecular flexibility index (Phi) is 5.38. The van der Waals surface area contributed by atoms with Crippen LogP contribution in [-0.4, -0.2) is 23.5 Å². The molecule has 0 fully saturated rings. The van der Waals surface area contributed by atoms with Gasteiger partial charge in [-0.2, -0.15) is 0 Å². The number of nitrogens with one attached hydrogen (secondary N) is 2. The zero-order valence-electron chi connectivity index (χ0n) is 13.7. The summed E-state index contributed by atoms with van der Waals surface area (Å²) in [5.74, 6) is -0.832. The molecular formula is C19H16FN3O3. The van der Waals surface area contributed by atoms with Gasteiger partial charge in [0.15, 0.2) is 5.76 Å². The Hall–Kier alpha value is -3.48. The third-order valence-corrected chi connectivity index (χ3v) is 3.61. The van der Waals surface area contributed by atoms with E-state index in [9.17, 15) is 14.0 Å². The molecule has 3 aromatic rings. The number of benzene rings is 2. The Morgan fingerprint density at radius 3 is 2.50 bits per heavy atom. The first-order valence-corrected chi connectivity index (χ1v) is 7.94. The number of carbonyl (C=O) groups is 2. The van der Waals surface area contributed by atoms with E-state index in [1.807, 2.05) is 0 Å². The van der Waals surface area contributed by atoms with Crippen molar-refractivity contribution in [3.63, 3.8) is 0 Å². The molecule has 0 unspecified atom stereocenters. The molecule has 0 bridgehead atoms. The van der Waals surface area contributed by atoms with Crippen molar-refractivity contribution in [1.29, 1.82) is 0 Å². The first kappa shape index (κ1) is 17.3. The summed E-state index contributed by atoms with van der Waals surface area (Å²) in [4.78, 5) is 23.7. The molecule has 1 aromatic heterocycles. The zero-order valence-corrected chi connectivity index (χ0v) is 13.7. The maximum absolute atomic E-state index is 13.7. The monoisotopic (exact) mass is 353 g/mol. The molecule has 2 aromatic carbocycles. The van der Waals surface area contributed by atoms with Crippen molar-refractivity contribution in [2.24, 2.45) is 0 Å². The number of halogens is 1. The second-order valence-corrected chi connectivity index (χ2v) is 5.49. The van der Waals surface area contributed by atoms with E-state index in [-0.39, 0.29) is 30.7 Å². The van der Waals surface area contributed by atoms with E-state index >= 15 is 0 Å². The summed E-state index contributed by atoms with van der Waals surface area (Å²) < 4.78 is 18.8. The third kappa shape index (κ3) is 4.32. The first-order chi connectivity index (χ1) is 12.6. The van der Waals surface area contributed by atoms with Crippen molar-refractivity contribution in [2.45, 2.75) is 6.54 Å².